The van der Waals surface area contributed by atoms with Crippen LogP contribution in [0.1, 0.15) is 78.8 Å². The first-order valence-electron chi connectivity index (χ1n) is 20.7. The van der Waals surface area contributed by atoms with Crippen molar-refractivity contribution in [2.24, 2.45) is 5.92 Å². The first-order chi connectivity index (χ1) is 27.8. The Morgan fingerprint density at radius 2 is 1.29 bits per heavy atom. The maximum absolute atomic E-state index is 2.61. The highest BCUT2D eigenvalue weighted by molar-refractivity contribution is 6.11. The zero-order valence-electron chi connectivity index (χ0n) is 31.9. The molecule has 0 spiro atoms. The lowest BCUT2D eigenvalue weighted by molar-refractivity contribution is 0.533. The molecule has 2 heterocycles. The standard InChI is InChI=1S/C54H46N2/c1-4-14-37(15-5-1)40-24-28-45(29-25-40)55-51-22-12-10-20-47(51)49-35-41(26-30-53(49)55)42-27-31-54-50(36-42)48-21-11-13-23-52(48)56(54)46-33-43(38-16-6-2-7-17-38)32-44(34-46)39-18-8-3-9-19-39/h1-4,6-13,16-24,26,28,30,32-33,35-37,44H,5,14-15,25,27,29,31,34H2. The molecular weight excluding hydrogens is 677 g/mol. The summed E-state index contributed by atoms with van der Waals surface area (Å²) in [5, 5.41) is 4.02. The van der Waals surface area contributed by atoms with Crippen molar-refractivity contribution in [3.05, 3.63) is 197 Å². The van der Waals surface area contributed by atoms with Crippen molar-refractivity contribution in [3.63, 3.8) is 0 Å². The molecule has 272 valence electrons. The van der Waals surface area contributed by atoms with Crippen molar-refractivity contribution in [3.8, 4) is 0 Å². The SMILES string of the molecule is C1=CCC(C2=CC=C(n3c4ccccc4c4cc(C5=Cc6c(n(C7=CC(c8ccccc8)=CC(c8ccccc8)C7)c7ccccc67)CC5)ccc43)CC2)CC1. The molecule has 0 N–H and O–H groups in total. The van der Waals surface area contributed by atoms with Gasteiger partial charge < -0.3 is 9.13 Å². The summed E-state index contributed by atoms with van der Waals surface area (Å²) in [7, 11) is 0. The van der Waals surface area contributed by atoms with Gasteiger partial charge in [0.25, 0.3) is 0 Å². The summed E-state index contributed by atoms with van der Waals surface area (Å²) >= 11 is 0. The van der Waals surface area contributed by atoms with E-state index in [-0.39, 0.29) is 0 Å². The van der Waals surface area contributed by atoms with E-state index in [1.165, 1.54) is 102 Å². The van der Waals surface area contributed by atoms with Gasteiger partial charge in [-0.2, -0.15) is 0 Å². The van der Waals surface area contributed by atoms with Gasteiger partial charge in [-0.15, -0.1) is 0 Å². The van der Waals surface area contributed by atoms with E-state index in [2.05, 4.69) is 179 Å². The molecule has 5 aromatic carbocycles. The van der Waals surface area contributed by atoms with Gasteiger partial charge in [0.15, 0.2) is 0 Å². The fourth-order valence-corrected chi connectivity index (χ4v) is 10.2. The summed E-state index contributed by atoms with van der Waals surface area (Å²) in [4.78, 5) is 0. The van der Waals surface area contributed by atoms with Crippen LogP contribution in [-0.4, -0.2) is 9.13 Å². The molecule has 2 nitrogen and oxygen atoms in total. The van der Waals surface area contributed by atoms with E-state index in [0.717, 1.165) is 32.1 Å². The second-order valence-electron chi connectivity index (χ2n) is 16.2. The first-order valence-corrected chi connectivity index (χ1v) is 20.7. The highest BCUT2D eigenvalue weighted by Crippen LogP contribution is 2.45. The number of aromatic nitrogens is 2. The molecule has 2 aromatic heterocycles. The van der Waals surface area contributed by atoms with Gasteiger partial charge in [0, 0.05) is 44.7 Å². The van der Waals surface area contributed by atoms with Gasteiger partial charge in [-0.1, -0.05) is 133 Å². The fourth-order valence-electron chi connectivity index (χ4n) is 10.2. The molecule has 0 saturated carbocycles. The molecule has 0 saturated heterocycles. The Hall–Kier alpha value is -6.12. The Bertz CT molecular complexity index is 2850. The van der Waals surface area contributed by atoms with Crippen LogP contribution in [-0.2, 0) is 6.42 Å². The van der Waals surface area contributed by atoms with Crippen molar-refractivity contribution in [1.82, 2.24) is 9.13 Å². The molecule has 0 radical (unpaired) electrons. The lowest BCUT2D eigenvalue weighted by Crippen LogP contribution is -2.12. The van der Waals surface area contributed by atoms with E-state index in [1.54, 1.807) is 5.57 Å². The predicted molar refractivity (Wildman–Crippen MR) is 238 cm³/mol. The zero-order chi connectivity index (χ0) is 37.0. The zero-order valence-corrected chi connectivity index (χ0v) is 31.9. The number of fused-ring (bicyclic) bond motifs is 6. The molecule has 4 aliphatic carbocycles. The molecule has 0 amide bonds. The van der Waals surface area contributed by atoms with Crippen LogP contribution in [0.25, 0.3) is 61.3 Å². The van der Waals surface area contributed by atoms with E-state index in [9.17, 15) is 0 Å². The van der Waals surface area contributed by atoms with Gasteiger partial charge in [-0.25, -0.2) is 0 Å². The van der Waals surface area contributed by atoms with Gasteiger partial charge in [0.2, 0.25) is 0 Å². The average molecular weight is 723 g/mol. The second kappa shape index (κ2) is 13.9. The number of rotatable bonds is 6. The molecule has 7 aromatic rings. The number of hydrogen-bond donors (Lipinski definition) is 0. The lowest BCUT2D eigenvalue weighted by atomic mass is 9.83. The molecule has 4 aliphatic rings. The third-order valence-electron chi connectivity index (χ3n) is 13.0. The van der Waals surface area contributed by atoms with Gasteiger partial charge in [-0.05, 0) is 128 Å². The van der Waals surface area contributed by atoms with Crippen LogP contribution < -0.4 is 0 Å². The topological polar surface area (TPSA) is 9.86 Å². The van der Waals surface area contributed by atoms with Gasteiger partial charge in [-0.3, -0.25) is 0 Å². The summed E-state index contributed by atoms with van der Waals surface area (Å²) in [6.07, 6.45) is 26.0. The Morgan fingerprint density at radius 3 is 2.07 bits per heavy atom. The molecule has 0 bridgehead atoms. The fraction of sp³-hybridized carbons (Fsp3) is 0.185. The largest absolute Gasteiger partial charge is 0.317 e. The second-order valence-corrected chi connectivity index (χ2v) is 16.2. The molecular formula is C54H46N2. The Balaban J connectivity index is 0.998. The van der Waals surface area contributed by atoms with E-state index in [4.69, 9.17) is 0 Å². The van der Waals surface area contributed by atoms with Crippen molar-refractivity contribution in [1.29, 1.82) is 0 Å². The minimum Gasteiger partial charge on any atom is -0.317 e. The average Bonchev–Trinajstić information content (AvgIpc) is 3.79. The molecule has 0 aliphatic heterocycles. The summed E-state index contributed by atoms with van der Waals surface area (Å²) in [6.45, 7) is 0. The minimum absolute atomic E-state index is 0.309. The van der Waals surface area contributed by atoms with Crippen LogP contribution >= 0.6 is 0 Å². The highest BCUT2D eigenvalue weighted by Gasteiger charge is 2.27. The number of allylic oxidation sites excluding steroid dienone is 11. The lowest BCUT2D eigenvalue weighted by Gasteiger charge is -2.26. The number of hydrogen-bond acceptors (Lipinski definition) is 0. The van der Waals surface area contributed by atoms with Crippen molar-refractivity contribution >= 4 is 61.3 Å². The van der Waals surface area contributed by atoms with Crippen LogP contribution in [0, 0.1) is 5.92 Å². The first kappa shape index (κ1) is 33.2. The van der Waals surface area contributed by atoms with Crippen molar-refractivity contribution < 1.29 is 0 Å². The monoisotopic (exact) mass is 722 g/mol. The van der Waals surface area contributed by atoms with Gasteiger partial charge >= 0.3 is 0 Å². The molecule has 2 atom stereocenters. The smallest absolute Gasteiger partial charge is 0.0538 e. The normalized spacial score (nSPS) is 19.7. The molecule has 0 fully saturated rings. The van der Waals surface area contributed by atoms with E-state index < -0.39 is 0 Å². The van der Waals surface area contributed by atoms with Gasteiger partial charge in [0.05, 0.1) is 16.6 Å². The van der Waals surface area contributed by atoms with Crippen molar-refractivity contribution in [2.45, 2.75) is 57.3 Å². The predicted octanol–water partition coefficient (Wildman–Crippen LogP) is 14.3. The quantitative estimate of drug-likeness (QED) is 0.151. The maximum Gasteiger partial charge on any atom is 0.0538 e. The van der Waals surface area contributed by atoms with Crippen LogP contribution in [0.4, 0.5) is 0 Å². The molecule has 11 rings (SSSR count). The third-order valence-corrected chi connectivity index (χ3v) is 13.0. The van der Waals surface area contributed by atoms with Crippen LogP contribution in [0.3, 0.4) is 0 Å². The summed E-state index contributed by atoms with van der Waals surface area (Å²) in [5.74, 6) is 1.02. The Kier molecular flexibility index (Phi) is 8.23. The Labute approximate surface area is 329 Å². The third kappa shape index (κ3) is 5.70. The summed E-state index contributed by atoms with van der Waals surface area (Å²) in [6, 6.07) is 47.3. The highest BCUT2D eigenvalue weighted by atomic mass is 15.0. The van der Waals surface area contributed by atoms with Crippen LogP contribution in [0.15, 0.2) is 169 Å². The van der Waals surface area contributed by atoms with Crippen molar-refractivity contribution in [2.75, 3.05) is 0 Å². The summed E-state index contributed by atoms with van der Waals surface area (Å²) in [5.41, 5.74) is 17.9. The van der Waals surface area contributed by atoms with E-state index in [0.29, 0.717) is 11.8 Å². The van der Waals surface area contributed by atoms with Crippen LogP contribution in [0.2, 0.25) is 0 Å². The van der Waals surface area contributed by atoms with E-state index >= 15 is 0 Å². The number of nitrogens with zero attached hydrogens (tertiary/aromatic N) is 2. The molecule has 2 heteroatoms. The van der Waals surface area contributed by atoms with Gasteiger partial charge in [0.1, 0.15) is 0 Å². The minimum atomic E-state index is 0.309. The van der Waals surface area contributed by atoms with E-state index in [1.807, 2.05) is 0 Å². The molecule has 56 heavy (non-hydrogen) atoms. The summed E-state index contributed by atoms with van der Waals surface area (Å²) < 4.78 is 5.16. The number of para-hydroxylation sites is 2. The maximum atomic E-state index is 2.61. The Morgan fingerprint density at radius 1 is 0.536 bits per heavy atom. The van der Waals surface area contributed by atoms with Crippen LogP contribution in [0.5, 0.6) is 0 Å². The molecule has 2 unspecified atom stereocenters. The number of benzene rings is 5.